The van der Waals surface area contributed by atoms with E-state index in [0.29, 0.717) is 0 Å². The normalized spacial score (nSPS) is 14.4. The molecule has 0 radical (unpaired) electrons. The zero-order valence-electron chi connectivity index (χ0n) is 11.7. The monoisotopic (exact) mass is 312 g/mol. The van der Waals surface area contributed by atoms with Gasteiger partial charge in [-0.2, -0.15) is 0 Å². The molecule has 0 spiro atoms. The lowest BCUT2D eigenvalue weighted by Crippen LogP contribution is -2.31. The molecule has 0 amide bonds. The van der Waals surface area contributed by atoms with Gasteiger partial charge in [0.05, 0.1) is 16.9 Å². The highest BCUT2D eigenvalue weighted by Crippen LogP contribution is 2.29. The van der Waals surface area contributed by atoms with Crippen molar-refractivity contribution >= 4 is 39.5 Å². The summed E-state index contributed by atoms with van der Waals surface area (Å²) >= 11 is 7.27. The van der Waals surface area contributed by atoms with Crippen molar-refractivity contribution in [2.24, 2.45) is 0 Å². The van der Waals surface area contributed by atoms with E-state index in [1.54, 1.807) is 11.3 Å². The van der Waals surface area contributed by atoms with Gasteiger partial charge in [-0.1, -0.05) is 30.3 Å². The van der Waals surface area contributed by atoms with E-state index in [1.807, 2.05) is 0 Å². The van der Waals surface area contributed by atoms with Crippen molar-refractivity contribution in [3.63, 3.8) is 0 Å². The number of para-hydroxylation sites is 2. The molecule has 0 atom stereocenters. The van der Waals surface area contributed by atoms with Crippen LogP contribution in [-0.4, -0.2) is 11.1 Å². The van der Waals surface area contributed by atoms with Gasteiger partial charge in [-0.25, -0.2) is 0 Å². The number of hydrogen-bond acceptors (Lipinski definition) is 3. The third kappa shape index (κ3) is 2.28. The van der Waals surface area contributed by atoms with E-state index in [9.17, 15) is 0 Å². The van der Waals surface area contributed by atoms with E-state index >= 15 is 0 Å². The van der Waals surface area contributed by atoms with Crippen molar-refractivity contribution < 1.29 is 0 Å². The quantitative estimate of drug-likeness (QED) is 0.625. The number of benzene rings is 2. The second-order valence-corrected chi connectivity index (χ2v) is 7.08. The highest BCUT2D eigenvalue weighted by Gasteiger charge is 2.17. The predicted molar refractivity (Wildman–Crippen MR) is 92.8 cm³/mol. The van der Waals surface area contributed by atoms with Crippen LogP contribution in [0.25, 0.3) is 10.2 Å². The predicted octanol–water partition coefficient (Wildman–Crippen LogP) is 4.84. The summed E-state index contributed by atoms with van der Waals surface area (Å²) in [6, 6.07) is 17.2. The van der Waals surface area contributed by atoms with Crippen LogP contribution in [-0.2, 0) is 13.1 Å². The Kier molecular flexibility index (Phi) is 3.28. The second kappa shape index (κ2) is 5.28. The summed E-state index contributed by atoms with van der Waals surface area (Å²) in [5.41, 5.74) is 4.06. The molecular formula is C17H16N2S2. The second-order valence-electron chi connectivity index (χ2n) is 5.40. The standard InChI is InChI=1S/C17H16N2S2/c20-17-19(15-9-3-4-10-16(15)21-17)12-18-11-5-7-13-6-1-2-8-14(13)18/h1-4,6,8-10H,5,7,11-12H2. The van der Waals surface area contributed by atoms with Gasteiger partial charge < -0.3 is 9.47 Å². The summed E-state index contributed by atoms with van der Waals surface area (Å²) in [5, 5.41) is 0. The summed E-state index contributed by atoms with van der Waals surface area (Å²) in [6.45, 7) is 1.95. The van der Waals surface area contributed by atoms with Gasteiger partial charge in [-0.15, -0.1) is 11.3 Å². The van der Waals surface area contributed by atoms with Crippen molar-refractivity contribution in [3.05, 3.63) is 58.0 Å². The Morgan fingerprint density at radius 2 is 1.86 bits per heavy atom. The maximum absolute atomic E-state index is 5.57. The zero-order valence-corrected chi connectivity index (χ0v) is 13.3. The minimum Gasteiger partial charge on any atom is -0.353 e. The highest BCUT2D eigenvalue weighted by atomic mass is 32.1. The smallest absolute Gasteiger partial charge is 0.163 e. The Morgan fingerprint density at radius 3 is 2.81 bits per heavy atom. The van der Waals surface area contributed by atoms with Gasteiger partial charge in [-0.05, 0) is 48.8 Å². The van der Waals surface area contributed by atoms with Crippen LogP contribution in [0.1, 0.15) is 12.0 Å². The fourth-order valence-corrected chi connectivity index (χ4v) is 4.39. The summed E-state index contributed by atoms with van der Waals surface area (Å²) in [6.07, 6.45) is 2.40. The van der Waals surface area contributed by atoms with Crippen LogP contribution < -0.4 is 4.90 Å². The van der Waals surface area contributed by atoms with Gasteiger partial charge in [0, 0.05) is 12.2 Å². The molecule has 0 fully saturated rings. The van der Waals surface area contributed by atoms with Crippen molar-refractivity contribution in [3.8, 4) is 0 Å². The van der Waals surface area contributed by atoms with Gasteiger partial charge in [0.1, 0.15) is 0 Å². The molecule has 106 valence electrons. The van der Waals surface area contributed by atoms with E-state index in [-0.39, 0.29) is 0 Å². The first-order valence-electron chi connectivity index (χ1n) is 7.24. The minimum atomic E-state index is 0.847. The Labute approximate surface area is 133 Å². The van der Waals surface area contributed by atoms with E-state index in [2.05, 4.69) is 58.0 Å². The van der Waals surface area contributed by atoms with E-state index in [0.717, 1.165) is 17.2 Å². The van der Waals surface area contributed by atoms with Gasteiger partial charge in [0.15, 0.2) is 3.95 Å². The Balaban J connectivity index is 1.76. The van der Waals surface area contributed by atoms with Crippen molar-refractivity contribution in [2.45, 2.75) is 19.5 Å². The van der Waals surface area contributed by atoms with E-state index in [1.165, 1.54) is 34.3 Å². The number of aryl methyl sites for hydroxylation is 1. The van der Waals surface area contributed by atoms with Crippen LogP contribution in [0.5, 0.6) is 0 Å². The summed E-state index contributed by atoms with van der Waals surface area (Å²) in [7, 11) is 0. The van der Waals surface area contributed by atoms with Gasteiger partial charge in [0.25, 0.3) is 0 Å². The molecule has 1 aliphatic heterocycles. The minimum absolute atomic E-state index is 0.847. The average molecular weight is 312 g/mol. The number of aromatic nitrogens is 1. The lowest BCUT2D eigenvalue weighted by atomic mass is 10.0. The Bertz CT molecular complexity index is 847. The van der Waals surface area contributed by atoms with Gasteiger partial charge in [-0.3, -0.25) is 0 Å². The number of anilines is 1. The molecule has 2 aromatic carbocycles. The molecule has 21 heavy (non-hydrogen) atoms. The van der Waals surface area contributed by atoms with Crippen molar-refractivity contribution in [2.75, 3.05) is 11.4 Å². The highest BCUT2D eigenvalue weighted by molar-refractivity contribution is 7.73. The molecular weight excluding hydrogens is 296 g/mol. The molecule has 4 rings (SSSR count). The average Bonchev–Trinajstić information content (AvgIpc) is 2.84. The molecule has 1 aromatic heterocycles. The summed E-state index contributed by atoms with van der Waals surface area (Å²) in [5.74, 6) is 0. The summed E-state index contributed by atoms with van der Waals surface area (Å²) < 4.78 is 4.49. The number of rotatable bonds is 2. The zero-order chi connectivity index (χ0) is 14.2. The fraction of sp³-hybridized carbons (Fsp3) is 0.235. The Hall–Kier alpha value is -1.65. The fourth-order valence-electron chi connectivity index (χ4n) is 3.08. The first-order chi connectivity index (χ1) is 10.3. The SMILES string of the molecule is S=c1sc2ccccc2n1CN1CCCc2ccccc21. The van der Waals surface area contributed by atoms with Crippen molar-refractivity contribution in [1.29, 1.82) is 0 Å². The number of nitrogens with zero attached hydrogens (tertiary/aromatic N) is 2. The third-order valence-electron chi connectivity index (χ3n) is 4.09. The molecule has 1 aliphatic rings. The first kappa shape index (κ1) is 13.0. The lowest BCUT2D eigenvalue weighted by molar-refractivity contribution is 0.608. The van der Waals surface area contributed by atoms with Crippen LogP contribution in [0, 0.1) is 3.95 Å². The largest absolute Gasteiger partial charge is 0.353 e. The lowest BCUT2D eigenvalue weighted by Gasteiger charge is -2.31. The van der Waals surface area contributed by atoms with Crippen LogP contribution in [0.3, 0.4) is 0 Å². The van der Waals surface area contributed by atoms with Gasteiger partial charge in [0.2, 0.25) is 0 Å². The summed E-state index contributed by atoms with van der Waals surface area (Å²) in [4.78, 5) is 2.45. The maximum atomic E-state index is 5.57. The third-order valence-corrected chi connectivity index (χ3v) is 5.52. The van der Waals surface area contributed by atoms with Crippen molar-refractivity contribution in [1.82, 2.24) is 4.57 Å². The van der Waals surface area contributed by atoms with Crippen LogP contribution >= 0.6 is 23.6 Å². The number of fused-ring (bicyclic) bond motifs is 2. The van der Waals surface area contributed by atoms with Crippen LogP contribution in [0.15, 0.2) is 48.5 Å². The van der Waals surface area contributed by atoms with Crippen LogP contribution in [0.2, 0.25) is 0 Å². The molecule has 2 heterocycles. The molecule has 0 unspecified atom stereocenters. The molecule has 0 aliphatic carbocycles. The molecule has 2 nitrogen and oxygen atoms in total. The van der Waals surface area contributed by atoms with E-state index < -0.39 is 0 Å². The number of hydrogen-bond donors (Lipinski definition) is 0. The first-order valence-corrected chi connectivity index (χ1v) is 8.46. The molecule has 4 heteroatoms. The maximum Gasteiger partial charge on any atom is 0.163 e. The topological polar surface area (TPSA) is 8.17 Å². The Morgan fingerprint density at radius 1 is 1.05 bits per heavy atom. The van der Waals surface area contributed by atoms with Gasteiger partial charge >= 0.3 is 0 Å². The number of thiazole rings is 1. The van der Waals surface area contributed by atoms with Crippen LogP contribution in [0.4, 0.5) is 5.69 Å². The molecule has 0 saturated heterocycles. The van der Waals surface area contributed by atoms with E-state index in [4.69, 9.17) is 12.2 Å². The molecule has 3 aromatic rings. The molecule has 0 bridgehead atoms. The molecule has 0 N–H and O–H groups in total. The molecule has 0 saturated carbocycles.